The summed E-state index contributed by atoms with van der Waals surface area (Å²) >= 11 is 0. The van der Waals surface area contributed by atoms with Crippen LogP contribution in [0.2, 0.25) is 0 Å². The molecule has 0 radical (unpaired) electrons. The Hall–Kier alpha value is -1.56. The summed E-state index contributed by atoms with van der Waals surface area (Å²) in [7, 11) is 2.98. The molecule has 88 valence electrons. The minimum absolute atomic E-state index is 0.195. The smallest absolute Gasteiger partial charge is 0.333 e. The van der Waals surface area contributed by atoms with Gasteiger partial charge >= 0.3 is 5.69 Å². The van der Waals surface area contributed by atoms with E-state index in [1.165, 1.54) is 11.6 Å². The monoisotopic (exact) mass is 226 g/mol. The Labute approximate surface area is 91.7 Å². The van der Waals surface area contributed by atoms with Crippen LogP contribution in [0.1, 0.15) is 12.5 Å². The van der Waals surface area contributed by atoms with Gasteiger partial charge < -0.3 is 9.84 Å². The van der Waals surface area contributed by atoms with Crippen molar-refractivity contribution in [3.05, 3.63) is 26.4 Å². The van der Waals surface area contributed by atoms with Crippen LogP contribution in [0.4, 0.5) is 0 Å². The van der Waals surface area contributed by atoms with E-state index in [0.29, 0.717) is 12.0 Å². The maximum atomic E-state index is 11.8. The summed E-state index contributed by atoms with van der Waals surface area (Å²) in [6.07, 6.45) is 0.319. The van der Waals surface area contributed by atoms with Gasteiger partial charge in [-0.2, -0.15) is 0 Å². The van der Waals surface area contributed by atoms with Crippen LogP contribution in [0.3, 0.4) is 0 Å². The summed E-state index contributed by atoms with van der Waals surface area (Å²) in [5.41, 5.74) is -1.14. The van der Waals surface area contributed by atoms with Crippen molar-refractivity contribution in [2.45, 2.75) is 18.9 Å². The molecule has 1 aliphatic rings. The summed E-state index contributed by atoms with van der Waals surface area (Å²) in [6.45, 7) is 1.51. The SMILES string of the molecule is Cn1c2c(c(=O)n(C)c1=O)CC(C)(CO)O2. The molecule has 1 aliphatic heterocycles. The van der Waals surface area contributed by atoms with Crippen LogP contribution in [0, 0.1) is 0 Å². The van der Waals surface area contributed by atoms with Gasteiger partial charge in [0, 0.05) is 20.5 Å². The molecule has 16 heavy (non-hydrogen) atoms. The molecule has 0 saturated heterocycles. The van der Waals surface area contributed by atoms with E-state index >= 15 is 0 Å². The molecule has 1 N–H and O–H groups in total. The van der Waals surface area contributed by atoms with Gasteiger partial charge in [-0.3, -0.25) is 13.9 Å². The van der Waals surface area contributed by atoms with E-state index in [2.05, 4.69) is 0 Å². The van der Waals surface area contributed by atoms with E-state index in [0.717, 1.165) is 4.57 Å². The van der Waals surface area contributed by atoms with Gasteiger partial charge in [0.1, 0.15) is 5.60 Å². The second-order valence-electron chi connectivity index (χ2n) is 4.38. The van der Waals surface area contributed by atoms with E-state index in [4.69, 9.17) is 4.74 Å². The Morgan fingerprint density at radius 1 is 1.38 bits per heavy atom. The average molecular weight is 226 g/mol. The Morgan fingerprint density at radius 2 is 2.00 bits per heavy atom. The second-order valence-corrected chi connectivity index (χ2v) is 4.38. The summed E-state index contributed by atoms with van der Waals surface area (Å²) in [5, 5.41) is 9.20. The van der Waals surface area contributed by atoms with Crippen molar-refractivity contribution in [2.24, 2.45) is 14.1 Å². The molecule has 0 aliphatic carbocycles. The van der Waals surface area contributed by atoms with E-state index in [-0.39, 0.29) is 18.0 Å². The number of aromatic nitrogens is 2. The second kappa shape index (κ2) is 3.21. The van der Waals surface area contributed by atoms with E-state index in [9.17, 15) is 14.7 Å². The number of ether oxygens (including phenoxy) is 1. The largest absolute Gasteiger partial charge is 0.469 e. The van der Waals surface area contributed by atoms with Gasteiger partial charge in [-0.15, -0.1) is 0 Å². The highest BCUT2D eigenvalue weighted by Gasteiger charge is 2.38. The van der Waals surface area contributed by atoms with Gasteiger partial charge in [0.2, 0.25) is 5.88 Å². The highest BCUT2D eigenvalue weighted by atomic mass is 16.5. The molecule has 6 heteroatoms. The first-order chi connectivity index (χ1) is 7.39. The molecule has 1 atom stereocenters. The van der Waals surface area contributed by atoms with Crippen molar-refractivity contribution in [3.8, 4) is 5.88 Å². The number of aliphatic hydroxyl groups is 1. The molecule has 1 aromatic rings. The summed E-state index contributed by atoms with van der Waals surface area (Å²) in [5.74, 6) is 0.268. The fourth-order valence-corrected chi connectivity index (χ4v) is 1.91. The topological polar surface area (TPSA) is 73.5 Å². The number of fused-ring (bicyclic) bond motifs is 1. The Kier molecular flexibility index (Phi) is 2.20. The number of hydrogen-bond acceptors (Lipinski definition) is 4. The van der Waals surface area contributed by atoms with E-state index < -0.39 is 11.3 Å². The molecule has 0 amide bonds. The van der Waals surface area contributed by atoms with Gasteiger partial charge in [-0.05, 0) is 6.92 Å². The first kappa shape index (κ1) is 10.9. The first-order valence-electron chi connectivity index (χ1n) is 4.98. The summed E-state index contributed by atoms with van der Waals surface area (Å²) in [4.78, 5) is 23.5. The standard InChI is InChI=1S/C10H14N2O4/c1-10(5-13)4-6-7(14)11(2)9(15)12(3)8(6)16-10/h13H,4-5H2,1-3H3. The molecule has 1 aromatic heterocycles. The van der Waals surface area contributed by atoms with Crippen LogP contribution < -0.4 is 16.0 Å². The average Bonchev–Trinajstić information content (AvgIpc) is 2.63. The van der Waals surface area contributed by atoms with Gasteiger partial charge in [-0.1, -0.05) is 0 Å². The zero-order valence-corrected chi connectivity index (χ0v) is 9.48. The van der Waals surface area contributed by atoms with E-state index in [1.807, 2.05) is 0 Å². The van der Waals surface area contributed by atoms with Crippen molar-refractivity contribution in [1.82, 2.24) is 9.13 Å². The number of hydrogen-bond donors (Lipinski definition) is 1. The van der Waals surface area contributed by atoms with Crippen molar-refractivity contribution in [3.63, 3.8) is 0 Å². The number of aliphatic hydroxyl groups excluding tert-OH is 1. The van der Waals surface area contributed by atoms with Crippen LogP contribution in [0.25, 0.3) is 0 Å². The fraction of sp³-hybridized carbons (Fsp3) is 0.600. The molecule has 1 unspecified atom stereocenters. The van der Waals surface area contributed by atoms with E-state index in [1.54, 1.807) is 14.0 Å². The van der Waals surface area contributed by atoms with Gasteiger partial charge in [0.15, 0.2) is 0 Å². The Morgan fingerprint density at radius 3 is 2.56 bits per heavy atom. The molecular weight excluding hydrogens is 212 g/mol. The van der Waals surface area contributed by atoms with Crippen molar-refractivity contribution in [1.29, 1.82) is 0 Å². The van der Waals surface area contributed by atoms with Crippen LogP contribution in [-0.4, -0.2) is 26.4 Å². The molecule has 6 nitrogen and oxygen atoms in total. The molecule has 0 fully saturated rings. The van der Waals surface area contributed by atoms with Crippen LogP contribution in [-0.2, 0) is 20.5 Å². The lowest BCUT2D eigenvalue weighted by molar-refractivity contribution is 0.0388. The van der Waals surface area contributed by atoms with Gasteiger partial charge in [0.05, 0.1) is 12.2 Å². The van der Waals surface area contributed by atoms with Crippen LogP contribution >= 0.6 is 0 Å². The molecule has 2 rings (SSSR count). The third-order valence-corrected chi connectivity index (χ3v) is 2.93. The maximum absolute atomic E-state index is 11.8. The lowest BCUT2D eigenvalue weighted by Crippen LogP contribution is -2.38. The zero-order valence-electron chi connectivity index (χ0n) is 9.48. The number of nitrogens with zero attached hydrogens (tertiary/aromatic N) is 2. The van der Waals surface area contributed by atoms with Crippen molar-refractivity contribution in [2.75, 3.05) is 6.61 Å². The molecular formula is C10H14N2O4. The quantitative estimate of drug-likeness (QED) is 0.650. The Bertz CT molecular complexity index is 557. The molecule has 0 bridgehead atoms. The zero-order chi connectivity index (χ0) is 12.1. The highest BCUT2D eigenvalue weighted by molar-refractivity contribution is 5.31. The molecule has 0 spiro atoms. The van der Waals surface area contributed by atoms with Gasteiger partial charge in [-0.25, -0.2) is 4.79 Å². The molecule has 0 aromatic carbocycles. The normalized spacial score (nSPS) is 23.0. The first-order valence-corrected chi connectivity index (χ1v) is 4.98. The Balaban J connectivity index is 2.72. The highest BCUT2D eigenvalue weighted by Crippen LogP contribution is 2.30. The minimum Gasteiger partial charge on any atom is -0.469 e. The summed E-state index contributed by atoms with van der Waals surface area (Å²) < 4.78 is 7.83. The van der Waals surface area contributed by atoms with Crippen LogP contribution in [0.15, 0.2) is 9.59 Å². The third kappa shape index (κ3) is 1.30. The molecule has 2 heterocycles. The number of rotatable bonds is 1. The predicted molar refractivity (Wildman–Crippen MR) is 56.7 cm³/mol. The van der Waals surface area contributed by atoms with Crippen molar-refractivity contribution < 1.29 is 9.84 Å². The van der Waals surface area contributed by atoms with Gasteiger partial charge in [0.25, 0.3) is 5.56 Å². The third-order valence-electron chi connectivity index (χ3n) is 2.93. The molecule has 0 saturated carbocycles. The summed E-state index contributed by atoms with van der Waals surface area (Å²) in [6, 6.07) is 0. The van der Waals surface area contributed by atoms with Crippen molar-refractivity contribution >= 4 is 0 Å². The minimum atomic E-state index is -0.806. The lowest BCUT2D eigenvalue weighted by Gasteiger charge is -2.20. The lowest BCUT2D eigenvalue weighted by atomic mass is 10.0. The fourth-order valence-electron chi connectivity index (χ4n) is 1.91. The maximum Gasteiger partial charge on any atom is 0.333 e. The van der Waals surface area contributed by atoms with Crippen LogP contribution in [0.5, 0.6) is 5.88 Å². The predicted octanol–water partition coefficient (Wildman–Crippen LogP) is -1.23.